The number of hydrogen-bond donors (Lipinski definition) is 1. The number of alkyl halides is 2. The smallest absolute Gasteiger partial charge is 0.248 e. The van der Waals surface area contributed by atoms with Gasteiger partial charge in [0.2, 0.25) is 11.9 Å². The van der Waals surface area contributed by atoms with E-state index >= 15 is 0 Å². The lowest BCUT2D eigenvalue weighted by atomic mass is 9.82. The Kier molecular flexibility index (Phi) is 7.73. The Morgan fingerprint density at radius 2 is 2.00 bits per heavy atom. The topological polar surface area (TPSA) is 91.3 Å². The third kappa shape index (κ3) is 6.31. The highest BCUT2D eigenvalue weighted by Gasteiger charge is 2.45. The minimum Gasteiger partial charge on any atom is -0.496 e. The van der Waals surface area contributed by atoms with Crippen LogP contribution >= 0.6 is 0 Å². The van der Waals surface area contributed by atoms with Gasteiger partial charge in [-0.3, -0.25) is 0 Å². The average molecular weight is 498 g/mol. The zero-order valence-electron chi connectivity index (χ0n) is 20.6. The molecule has 4 rings (SSSR count). The van der Waals surface area contributed by atoms with E-state index in [1.165, 1.54) is 0 Å². The van der Waals surface area contributed by atoms with Crippen LogP contribution < -0.4 is 10.1 Å². The molecule has 0 spiro atoms. The van der Waals surface area contributed by atoms with Gasteiger partial charge >= 0.3 is 0 Å². The van der Waals surface area contributed by atoms with Crippen LogP contribution in [0.25, 0.3) is 16.9 Å². The first-order chi connectivity index (χ1) is 17.3. The van der Waals surface area contributed by atoms with Crippen LogP contribution in [0.1, 0.15) is 36.8 Å². The minimum absolute atomic E-state index is 0.136. The second kappa shape index (κ2) is 10.9. The molecule has 1 fully saturated rings. The van der Waals surface area contributed by atoms with Gasteiger partial charge in [0.25, 0.3) is 0 Å². The van der Waals surface area contributed by atoms with E-state index in [-0.39, 0.29) is 32.0 Å². The van der Waals surface area contributed by atoms with Crippen molar-refractivity contribution >= 4 is 17.4 Å². The fraction of sp³-hybridized carbons (Fsp3) is 0.385. The third-order valence-corrected chi connectivity index (χ3v) is 5.71. The van der Waals surface area contributed by atoms with Gasteiger partial charge in [-0.2, -0.15) is 10.2 Å². The van der Waals surface area contributed by atoms with Crippen molar-refractivity contribution in [3.8, 4) is 16.9 Å². The van der Waals surface area contributed by atoms with Crippen molar-refractivity contribution in [2.75, 3.05) is 25.6 Å². The van der Waals surface area contributed by atoms with Gasteiger partial charge in [-0.25, -0.2) is 18.7 Å². The van der Waals surface area contributed by atoms with Crippen LogP contribution in [0.15, 0.2) is 43.1 Å². The lowest BCUT2D eigenvalue weighted by Crippen LogP contribution is -2.37. The SMILES string of the molecule is C=C(OCC)c1cc(COCC2CC(F)(F)C2)nc(Nc2ccc(-c3cnnc(C)c3)c(OC)c2)n1. The Balaban J connectivity index is 1.53. The molecule has 190 valence electrons. The molecule has 2 heterocycles. The van der Waals surface area contributed by atoms with Crippen LogP contribution in [0, 0.1) is 12.8 Å². The Morgan fingerprint density at radius 3 is 2.69 bits per heavy atom. The zero-order valence-corrected chi connectivity index (χ0v) is 20.6. The number of nitrogens with one attached hydrogen (secondary N) is 1. The quantitative estimate of drug-likeness (QED) is 0.344. The molecule has 1 N–H and O–H groups in total. The van der Waals surface area contributed by atoms with Gasteiger partial charge in [0.05, 0.1) is 44.5 Å². The number of rotatable bonds is 11. The third-order valence-electron chi connectivity index (χ3n) is 5.71. The molecule has 1 aliphatic carbocycles. The molecule has 0 atom stereocenters. The van der Waals surface area contributed by atoms with Gasteiger partial charge in [0.15, 0.2) is 0 Å². The first-order valence-electron chi connectivity index (χ1n) is 11.7. The van der Waals surface area contributed by atoms with E-state index in [1.807, 2.05) is 38.1 Å². The van der Waals surface area contributed by atoms with Gasteiger partial charge < -0.3 is 19.5 Å². The summed E-state index contributed by atoms with van der Waals surface area (Å²) in [6.07, 6.45) is 1.41. The highest BCUT2D eigenvalue weighted by molar-refractivity contribution is 5.74. The van der Waals surface area contributed by atoms with Crippen LogP contribution in [0.3, 0.4) is 0 Å². The number of methoxy groups -OCH3 is 1. The molecule has 0 radical (unpaired) electrons. The summed E-state index contributed by atoms with van der Waals surface area (Å²) in [7, 11) is 1.60. The van der Waals surface area contributed by atoms with E-state index in [0.29, 0.717) is 41.1 Å². The number of aromatic nitrogens is 4. The lowest BCUT2D eigenvalue weighted by molar-refractivity contribution is -0.129. The fourth-order valence-electron chi connectivity index (χ4n) is 4.01. The first kappa shape index (κ1) is 25.4. The van der Waals surface area contributed by atoms with E-state index in [2.05, 4.69) is 32.1 Å². The Labute approximate surface area is 208 Å². The summed E-state index contributed by atoms with van der Waals surface area (Å²) in [5.74, 6) is -1.34. The summed E-state index contributed by atoms with van der Waals surface area (Å²) in [6, 6.07) is 9.29. The predicted octanol–water partition coefficient (Wildman–Crippen LogP) is 5.56. The lowest BCUT2D eigenvalue weighted by Gasteiger charge is -2.34. The number of nitrogens with zero attached hydrogens (tertiary/aromatic N) is 4. The van der Waals surface area contributed by atoms with Crippen LogP contribution in [0.5, 0.6) is 5.75 Å². The Bertz CT molecular complexity index is 1230. The Morgan fingerprint density at radius 1 is 1.19 bits per heavy atom. The summed E-state index contributed by atoms with van der Waals surface area (Å²) >= 11 is 0. The van der Waals surface area contributed by atoms with E-state index in [1.54, 1.807) is 19.4 Å². The molecule has 1 aromatic carbocycles. The fourth-order valence-corrected chi connectivity index (χ4v) is 4.01. The largest absolute Gasteiger partial charge is 0.496 e. The highest BCUT2D eigenvalue weighted by Crippen LogP contribution is 2.42. The van der Waals surface area contributed by atoms with Crippen molar-refractivity contribution in [1.82, 2.24) is 20.2 Å². The molecule has 2 aromatic heterocycles. The molecule has 36 heavy (non-hydrogen) atoms. The molecular weight excluding hydrogens is 468 g/mol. The first-order valence-corrected chi connectivity index (χ1v) is 11.7. The highest BCUT2D eigenvalue weighted by atomic mass is 19.3. The van der Waals surface area contributed by atoms with Crippen LogP contribution in [0.2, 0.25) is 0 Å². The number of anilines is 2. The number of hydrogen-bond acceptors (Lipinski definition) is 8. The molecule has 0 bridgehead atoms. The van der Waals surface area contributed by atoms with Gasteiger partial charge in [-0.05, 0) is 44.0 Å². The summed E-state index contributed by atoms with van der Waals surface area (Å²) < 4.78 is 43.0. The van der Waals surface area contributed by atoms with Crippen molar-refractivity contribution in [3.63, 3.8) is 0 Å². The molecule has 0 aliphatic heterocycles. The second-order valence-electron chi connectivity index (χ2n) is 8.70. The van der Waals surface area contributed by atoms with Gasteiger partial charge in [0.1, 0.15) is 17.2 Å². The summed E-state index contributed by atoms with van der Waals surface area (Å²) in [5.41, 5.74) is 4.35. The predicted molar refractivity (Wildman–Crippen MR) is 132 cm³/mol. The molecule has 8 nitrogen and oxygen atoms in total. The number of ether oxygens (including phenoxy) is 3. The molecule has 0 amide bonds. The molecule has 3 aromatic rings. The van der Waals surface area contributed by atoms with Crippen molar-refractivity contribution in [1.29, 1.82) is 0 Å². The number of aryl methyl sites for hydroxylation is 1. The minimum atomic E-state index is -2.56. The van der Waals surface area contributed by atoms with E-state index in [4.69, 9.17) is 14.2 Å². The van der Waals surface area contributed by atoms with Crippen molar-refractivity contribution in [2.45, 2.75) is 39.2 Å². The van der Waals surface area contributed by atoms with E-state index in [0.717, 1.165) is 16.8 Å². The molecule has 1 saturated carbocycles. The summed E-state index contributed by atoms with van der Waals surface area (Å²) in [6.45, 7) is 8.52. The maximum atomic E-state index is 13.1. The standard InChI is InChI=1S/C26H29F2N5O3/c1-5-36-17(3)23-9-21(15-35-14-18-11-26(27,28)12-18)31-25(32-23)30-20-6-7-22(24(10-20)34-4)19-8-16(2)33-29-13-19/h6-10,13,18H,3,5,11-12,14-15H2,1-2,4H3,(H,30,31,32). The average Bonchev–Trinajstić information content (AvgIpc) is 2.83. The van der Waals surface area contributed by atoms with Crippen LogP contribution in [0.4, 0.5) is 20.4 Å². The van der Waals surface area contributed by atoms with Crippen molar-refractivity contribution in [3.05, 3.63) is 60.2 Å². The Hall–Kier alpha value is -3.66. The zero-order chi connectivity index (χ0) is 25.7. The van der Waals surface area contributed by atoms with E-state index < -0.39 is 5.92 Å². The van der Waals surface area contributed by atoms with Crippen molar-refractivity contribution in [2.24, 2.45) is 5.92 Å². The second-order valence-corrected chi connectivity index (χ2v) is 8.70. The number of benzene rings is 1. The molecule has 0 unspecified atom stereocenters. The summed E-state index contributed by atoms with van der Waals surface area (Å²) in [5, 5.41) is 11.2. The monoisotopic (exact) mass is 497 g/mol. The maximum Gasteiger partial charge on any atom is 0.248 e. The molecule has 10 heteroatoms. The van der Waals surface area contributed by atoms with Crippen molar-refractivity contribution < 1.29 is 23.0 Å². The molecule has 1 aliphatic rings. The van der Waals surface area contributed by atoms with E-state index in [9.17, 15) is 8.78 Å². The number of halogens is 2. The maximum absolute atomic E-state index is 13.1. The molecular formula is C26H29F2N5O3. The summed E-state index contributed by atoms with van der Waals surface area (Å²) in [4.78, 5) is 9.06. The molecule has 0 saturated heterocycles. The van der Waals surface area contributed by atoms with Crippen LogP contribution in [-0.2, 0) is 16.1 Å². The normalized spacial score (nSPS) is 14.7. The van der Waals surface area contributed by atoms with Gasteiger partial charge in [-0.15, -0.1) is 0 Å². The van der Waals surface area contributed by atoms with Gasteiger partial charge in [0, 0.05) is 35.7 Å². The van der Waals surface area contributed by atoms with Gasteiger partial charge in [-0.1, -0.05) is 6.58 Å². The van der Waals surface area contributed by atoms with Crippen LogP contribution in [-0.4, -0.2) is 46.4 Å².